The number of pyridine rings is 1. The molecule has 2 aromatic heterocycles. The Kier molecular flexibility index (Phi) is 6.63. The molecule has 0 saturated carbocycles. The number of thiocarbonyl (C=S) groups is 1. The van der Waals surface area contributed by atoms with E-state index in [0.29, 0.717) is 5.11 Å². The molecule has 3 heterocycles. The van der Waals surface area contributed by atoms with E-state index < -0.39 is 0 Å². The van der Waals surface area contributed by atoms with Crippen LogP contribution >= 0.6 is 12.2 Å². The average Bonchev–Trinajstić information content (AvgIpc) is 3.57. The summed E-state index contributed by atoms with van der Waals surface area (Å²) in [6.07, 6.45) is 3.95. The van der Waals surface area contributed by atoms with E-state index in [4.69, 9.17) is 21.9 Å². The van der Waals surface area contributed by atoms with Gasteiger partial charge in [-0.1, -0.05) is 29.8 Å². The highest BCUT2D eigenvalue weighted by atomic mass is 32.1. The lowest BCUT2D eigenvalue weighted by Crippen LogP contribution is -2.30. The Labute approximate surface area is 234 Å². The SMILES string of the molecule is Cc1ccc(Oc2ccc(N3C(=S)N[C@@H](c4ccccn4)[C@@H]3c3cccn3-c3ccc(C)c(C)c3)cc2)cc1. The van der Waals surface area contributed by atoms with Crippen molar-refractivity contribution in [2.75, 3.05) is 4.90 Å². The van der Waals surface area contributed by atoms with Crippen LogP contribution < -0.4 is 15.0 Å². The molecule has 0 radical (unpaired) electrons. The number of nitrogens with zero attached hydrogens (tertiary/aromatic N) is 3. The summed E-state index contributed by atoms with van der Waals surface area (Å²) >= 11 is 5.94. The topological polar surface area (TPSA) is 42.3 Å². The second kappa shape index (κ2) is 10.4. The van der Waals surface area contributed by atoms with Gasteiger partial charge in [0.1, 0.15) is 17.5 Å². The van der Waals surface area contributed by atoms with Crippen LogP contribution in [0.1, 0.15) is 40.2 Å². The van der Waals surface area contributed by atoms with Gasteiger partial charge in [0.25, 0.3) is 0 Å². The molecule has 2 atom stereocenters. The van der Waals surface area contributed by atoms with Crippen LogP contribution in [0.3, 0.4) is 0 Å². The van der Waals surface area contributed by atoms with Crippen LogP contribution in [0.2, 0.25) is 0 Å². The summed E-state index contributed by atoms with van der Waals surface area (Å²) in [7, 11) is 0. The van der Waals surface area contributed by atoms with Gasteiger partial charge in [0.2, 0.25) is 0 Å². The van der Waals surface area contributed by atoms with E-state index in [0.717, 1.165) is 34.3 Å². The summed E-state index contributed by atoms with van der Waals surface area (Å²) in [4.78, 5) is 6.89. The number of aryl methyl sites for hydroxylation is 3. The Hall–Kier alpha value is -4.42. The average molecular weight is 531 g/mol. The number of ether oxygens (including phenoxy) is 1. The van der Waals surface area contributed by atoms with Crippen molar-refractivity contribution < 1.29 is 4.74 Å². The highest BCUT2D eigenvalue weighted by Crippen LogP contribution is 2.42. The quantitative estimate of drug-likeness (QED) is 0.227. The molecular formula is C33H30N4OS. The molecule has 0 amide bonds. The van der Waals surface area contributed by atoms with Crippen molar-refractivity contribution in [1.29, 1.82) is 0 Å². The predicted molar refractivity (Wildman–Crippen MR) is 161 cm³/mol. The van der Waals surface area contributed by atoms with Crippen LogP contribution in [0.4, 0.5) is 5.69 Å². The first-order valence-corrected chi connectivity index (χ1v) is 13.5. The zero-order valence-corrected chi connectivity index (χ0v) is 23.0. The van der Waals surface area contributed by atoms with Crippen molar-refractivity contribution in [2.45, 2.75) is 32.9 Å². The van der Waals surface area contributed by atoms with E-state index in [1.165, 1.54) is 16.7 Å². The van der Waals surface area contributed by atoms with Gasteiger partial charge < -0.3 is 19.5 Å². The normalized spacial score (nSPS) is 16.8. The number of benzene rings is 3. The molecule has 1 N–H and O–H groups in total. The lowest BCUT2D eigenvalue weighted by molar-refractivity contribution is 0.482. The van der Waals surface area contributed by atoms with Crippen molar-refractivity contribution in [3.63, 3.8) is 0 Å². The van der Waals surface area contributed by atoms with Gasteiger partial charge in [0.15, 0.2) is 5.11 Å². The number of rotatable bonds is 6. The first kappa shape index (κ1) is 24.9. The van der Waals surface area contributed by atoms with Crippen LogP contribution in [0, 0.1) is 20.8 Å². The summed E-state index contributed by atoms with van der Waals surface area (Å²) in [5, 5.41) is 4.23. The Morgan fingerprint density at radius 1 is 0.769 bits per heavy atom. The highest BCUT2D eigenvalue weighted by Gasteiger charge is 2.42. The van der Waals surface area contributed by atoms with E-state index in [2.05, 4.69) is 90.3 Å². The van der Waals surface area contributed by atoms with Gasteiger partial charge in [-0.3, -0.25) is 4.98 Å². The van der Waals surface area contributed by atoms with Gasteiger partial charge in [-0.2, -0.15) is 0 Å². The molecule has 5 aromatic rings. The molecular weight excluding hydrogens is 500 g/mol. The molecule has 6 rings (SSSR count). The van der Waals surface area contributed by atoms with Crippen LogP contribution in [-0.2, 0) is 0 Å². The minimum atomic E-state index is -0.123. The number of hydrogen-bond donors (Lipinski definition) is 1. The minimum absolute atomic E-state index is 0.118. The number of nitrogens with one attached hydrogen (secondary N) is 1. The molecule has 1 aliphatic heterocycles. The molecule has 194 valence electrons. The predicted octanol–water partition coefficient (Wildman–Crippen LogP) is 7.77. The van der Waals surface area contributed by atoms with E-state index in [-0.39, 0.29) is 12.1 Å². The molecule has 0 unspecified atom stereocenters. The van der Waals surface area contributed by atoms with Gasteiger partial charge in [0, 0.05) is 29.5 Å². The third-order valence-electron chi connectivity index (χ3n) is 7.32. The van der Waals surface area contributed by atoms with Crippen molar-refractivity contribution in [2.24, 2.45) is 0 Å². The van der Waals surface area contributed by atoms with Crippen molar-refractivity contribution in [3.8, 4) is 17.2 Å². The van der Waals surface area contributed by atoms with Gasteiger partial charge >= 0.3 is 0 Å². The molecule has 1 fully saturated rings. The zero-order valence-electron chi connectivity index (χ0n) is 22.2. The monoisotopic (exact) mass is 530 g/mol. The number of aromatic nitrogens is 2. The fraction of sp³-hybridized carbons (Fsp3) is 0.152. The molecule has 1 aliphatic rings. The van der Waals surface area contributed by atoms with Crippen LogP contribution in [0.5, 0.6) is 11.5 Å². The van der Waals surface area contributed by atoms with Gasteiger partial charge in [-0.25, -0.2) is 0 Å². The smallest absolute Gasteiger partial charge is 0.174 e. The molecule has 0 spiro atoms. The third kappa shape index (κ3) is 4.91. The Balaban J connectivity index is 1.39. The van der Waals surface area contributed by atoms with Crippen molar-refractivity contribution in [1.82, 2.24) is 14.9 Å². The van der Waals surface area contributed by atoms with Crippen LogP contribution in [0.15, 0.2) is 109 Å². The lowest BCUT2D eigenvalue weighted by Gasteiger charge is -2.29. The summed E-state index contributed by atoms with van der Waals surface area (Å²) in [6.45, 7) is 6.36. The van der Waals surface area contributed by atoms with Crippen LogP contribution in [-0.4, -0.2) is 14.7 Å². The molecule has 0 bridgehead atoms. The summed E-state index contributed by atoms with van der Waals surface area (Å²) in [6, 6.07) is 32.8. The Morgan fingerprint density at radius 2 is 1.49 bits per heavy atom. The van der Waals surface area contributed by atoms with Gasteiger partial charge in [-0.05, 0) is 117 Å². The summed E-state index contributed by atoms with van der Waals surface area (Å²) in [5.74, 6) is 1.59. The summed E-state index contributed by atoms with van der Waals surface area (Å²) in [5.41, 5.74) is 7.91. The second-order valence-electron chi connectivity index (χ2n) is 9.98. The minimum Gasteiger partial charge on any atom is -0.457 e. The van der Waals surface area contributed by atoms with E-state index >= 15 is 0 Å². The zero-order chi connectivity index (χ0) is 26.9. The largest absolute Gasteiger partial charge is 0.457 e. The fourth-order valence-electron chi connectivity index (χ4n) is 5.10. The maximum atomic E-state index is 6.08. The maximum absolute atomic E-state index is 6.08. The van der Waals surface area contributed by atoms with E-state index in [9.17, 15) is 0 Å². The van der Waals surface area contributed by atoms with Gasteiger partial charge in [-0.15, -0.1) is 0 Å². The molecule has 39 heavy (non-hydrogen) atoms. The highest BCUT2D eigenvalue weighted by molar-refractivity contribution is 7.80. The number of anilines is 1. The van der Waals surface area contributed by atoms with Crippen molar-refractivity contribution >= 4 is 23.0 Å². The first-order chi connectivity index (χ1) is 19.0. The molecule has 1 saturated heterocycles. The standard InChI is InChI=1S/C33H30N4OS/c1-22-9-15-27(16-10-22)38-28-17-13-25(14-18-28)37-32(31(35-33(37)39)29-7-4-5-19-34-29)30-8-6-20-36(30)26-12-11-23(2)24(3)21-26/h4-21,31-32H,1-3H3,(H,35,39)/t31-,32-/m0/s1. The Morgan fingerprint density at radius 3 is 2.18 bits per heavy atom. The van der Waals surface area contributed by atoms with E-state index in [1.54, 1.807) is 0 Å². The molecule has 0 aliphatic carbocycles. The Bertz CT molecular complexity index is 1610. The maximum Gasteiger partial charge on any atom is 0.174 e. The molecule has 3 aromatic carbocycles. The molecule has 5 nitrogen and oxygen atoms in total. The molecule has 6 heteroatoms. The second-order valence-corrected chi connectivity index (χ2v) is 10.4. The summed E-state index contributed by atoms with van der Waals surface area (Å²) < 4.78 is 8.34. The number of hydrogen-bond acceptors (Lipinski definition) is 3. The van der Waals surface area contributed by atoms with Crippen molar-refractivity contribution in [3.05, 3.63) is 138 Å². The van der Waals surface area contributed by atoms with Gasteiger partial charge in [0.05, 0.1) is 11.7 Å². The third-order valence-corrected chi connectivity index (χ3v) is 7.64. The fourth-order valence-corrected chi connectivity index (χ4v) is 5.44. The first-order valence-electron chi connectivity index (χ1n) is 13.1. The lowest BCUT2D eigenvalue weighted by atomic mass is 10.0. The van der Waals surface area contributed by atoms with Crippen LogP contribution in [0.25, 0.3) is 5.69 Å². The van der Waals surface area contributed by atoms with E-state index in [1.807, 2.05) is 54.7 Å².